The normalized spacial score (nSPS) is 11.0. The van der Waals surface area contributed by atoms with E-state index < -0.39 is 9.84 Å². The number of sulfone groups is 1. The molecular weight excluding hydrogens is 432 g/mol. The fourth-order valence-electron chi connectivity index (χ4n) is 2.29. The maximum absolute atomic E-state index is 12.6. The van der Waals surface area contributed by atoms with E-state index >= 15 is 0 Å². The van der Waals surface area contributed by atoms with Crippen molar-refractivity contribution < 1.29 is 17.9 Å². The van der Waals surface area contributed by atoms with E-state index in [4.69, 9.17) is 4.74 Å². The lowest BCUT2D eigenvalue weighted by molar-refractivity contribution is 0.102. The Balaban J connectivity index is 1.77. The molecule has 0 aliphatic rings. The van der Waals surface area contributed by atoms with Crippen LogP contribution in [-0.2, 0) is 9.84 Å². The highest BCUT2D eigenvalue weighted by molar-refractivity contribution is 9.10. The van der Waals surface area contributed by atoms with Crippen molar-refractivity contribution in [1.82, 2.24) is 4.98 Å². The molecule has 0 bridgehead atoms. The van der Waals surface area contributed by atoms with Gasteiger partial charge < -0.3 is 10.1 Å². The van der Waals surface area contributed by atoms with E-state index in [-0.39, 0.29) is 21.4 Å². The lowest BCUT2D eigenvalue weighted by atomic mass is 10.2. The second-order valence-electron chi connectivity index (χ2n) is 5.53. The number of carbonyl (C=O) groups is 1. The van der Waals surface area contributed by atoms with Crippen LogP contribution in [0.2, 0.25) is 0 Å². The minimum Gasteiger partial charge on any atom is -0.497 e. The van der Waals surface area contributed by atoms with E-state index in [1.165, 1.54) is 30.5 Å². The minimum absolute atomic E-state index is 0.120. The van der Waals surface area contributed by atoms with Gasteiger partial charge in [0, 0.05) is 16.4 Å². The topological polar surface area (TPSA) is 85.4 Å². The molecule has 3 rings (SSSR count). The number of hydrogen-bond acceptors (Lipinski definition) is 5. The number of nitrogens with one attached hydrogen (secondary N) is 1. The zero-order valence-corrected chi connectivity index (χ0v) is 16.6. The molecule has 1 N–H and O–H groups in total. The van der Waals surface area contributed by atoms with Gasteiger partial charge in [0.1, 0.15) is 5.75 Å². The van der Waals surface area contributed by atoms with Gasteiger partial charge in [0.05, 0.1) is 17.6 Å². The van der Waals surface area contributed by atoms with Gasteiger partial charge in [-0.3, -0.25) is 4.79 Å². The molecule has 27 heavy (non-hydrogen) atoms. The van der Waals surface area contributed by atoms with Crippen LogP contribution in [0.3, 0.4) is 0 Å². The summed E-state index contributed by atoms with van der Waals surface area (Å²) in [6.07, 6.45) is 1.24. The van der Waals surface area contributed by atoms with Crippen molar-refractivity contribution in [2.75, 3.05) is 12.4 Å². The van der Waals surface area contributed by atoms with E-state index in [9.17, 15) is 13.2 Å². The number of anilines is 1. The molecule has 8 heteroatoms. The Morgan fingerprint density at radius 1 is 1.00 bits per heavy atom. The molecule has 0 radical (unpaired) electrons. The molecule has 1 amide bonds. The second-order valence-corrected chi connectivity index (χ2v) is 8.34. The maximum Gasteiger partial charge on any atom is 0.257 e. The number of carbonyl (C=O) groups excluding carboxylic acids is 1. The number of ether oxygens (including phenoxy) is 1. The number of methoxy groups -OCH3 is 1. The highest BCUT2D eigenvalue weighted by Crippen LogP contribution is 2.22. The van der Waals surface area contributed by atoms with Gasteiger partial charge in [-0.15, -0.1) is 0 Å². The van der Waals surface area contributed by atoms with Crippen molar-refractivity contribution in [3.05, 3.63) is 76.9 Å². The number of rotatable bonds is 5. The fraction of sp³-hybridized carbons (Fsp3) is 0.0526. The van der Waals surface area contributed by atoms with Gasteiger partial charge in [-0.1, -0.05) is 15.9 Å². The van der Waals surface area contributed by atoms with E-state index in [2.05, 4.69) is 26.2 Å². The molecule has 3 aromatic rings. The molecule has 0 saturated heterocycles. The van der Waals surface area contributed by atoms with Crippen LogP contribution in [0.5, 0.6) is 5.75 Å². The van der Waals surface area contributed by atoms with Crippen LogP contribution in [0.1, 0.15) is 10.4 Å². The monoisotopic (exact) mass is 446 g/mol. The average molecular weight is 447 g/mol. The smallest absolute Gasteiger partial charge is 0.257 e. The molecule has 0 saturated carbocycles. The van der Waals surface area contributed by atoms with Crippen molar-refractivity contribution in [2.24, 2.45) is 0 Å². The quantitative estimate of drug-likeness (QED) is 0.641. The molecule has 0 fully saturated rings. The van der Waals surface area contributed by atoms with Gasteiger partial charge in [-0.25, -0.2) is 13.4 Å². The largest absolute Gasteiger partial charge is 0.497 e. The first-order valence-electron chi connectivity index (χ1n) is 7.82. The molecule has 138 valence electrons. The van der Waals surface area contributed by atoms with E-state index in [0.717, 1.165) is 4.47 Å². The molecule has 0 atom stereocenters. The zero-order valence-electron chi connectivity index (χ0n) is 14.2. The van der Waals surface area contributed by atoms with Gasteiger partial charge in [-0.2, -0.15) is 0 Å². The Bertz CT molecular complexity index is 1050. The Morgan fingerprint density at radius 3 is 2.22 bits per heavy atom. The zero-order chi connectivity index (χ0) is 19.4. The number of aromatic nitrogens is 1. The average Bonchev–Trinajstić information content (AvgIpc) is 2.69. The highest BCUT2D eigenvalue weighted by atomic mass is 79.9. The molecule has 0 aliphatic carbocycles. The van der Waals surface area contributed by atoms with E-state index in [1.54, 1.807) is 43.5 Å². The van der Waals surface area contributed by atoms with E-state index in [1.807, 2.05) is 0 Å². The number of benzene rings is 2. The predicted octanol–water partition coefficient (Wildman–Crippen LogP) is 3.94. The Labute approximate surface area is 165 Å². The highest BCUT2D eigenvalue weighted by Gasteiger charge is 2.19. The van der Waals surface area contributed by atoms with Crippen LogP contribution in [0.15, 0.2) is 81.3 Å². The van der Waals surface area contributed by atoms with Crippen molar-refractivity contribution >= 4 is 37.4 Å². The van der Waals surface area contributed by atoms with Gasteiger partial charge >= 0.3 is 0 Å². The number of nitrogens with zero attached hydrogens (tertiary/aromatic N) is 1. The van der Waals surface area contributed by atoms with Gasteiger partial charge in [0.2, 0.25) is 9.84 Å². The van der Waals surface area contributed by atoms with Crippen molar-refractivity contribution in [3.8, 4) is 5.75 Å². The minimum atomic E-state index is -3.74. The summed E-state index contributed by atoms with van der Waals surface area (Å²) in [5.41, 5.74) is 0.841. The Hall–Kier alpha value is -2.71. The summed E-state index contributed by atoms with van der Waals surface area (Å²) in [5, 5.41) is 2.60. The first kappa shape index (κ1) is 19.1. The second kappa shape index (κ2) is 7.89. The third-order valence-corrected chi connectivity index (χ3v) is 5.96. The van der Waals surface area contributed by atoms with Crippen LogP contribution in [0, 0.1) is 0 Å². The summed E-state index contributed by atoms with van der Waals surface area (Å²) in [7, 11) is -2.18. The first-order valence-corrected chi connectivity index (χ1v) is 10.1. The van der Waals surface area contributed by atoms with Gasteiger partial charge in [0.25, 0.3) is 5.91 Å². The van der Waals surface area contributed by atoms with Crippen LogP contribution in [0.25, 0.3) is 0 Å². The molecule has 0 spiro atoms. The van der Waals surface area contributed by atoms with Crippen LogP contribution in [0.4, 0.5) is 5.69 Å². The van der Waals surface area contributed by atoms with Crippen LogP contribution in [-0.4, -0.2) is 26.4 Å². The molecular formula is C19H15BrN2O4S. The number of halogens is 1. The molecule has 1 aromatic heterocycles. The van der Waals surface area contributed by atoms with Crippen LogP contribution < -0.4 is 10.1 Å². The van der Waals surface area contributed by atoms with Crippen molar-refractivity contribution in [3.63, 3.8) is 0 Å². The first-order chi connectivity index (χ1) is 12.9. The lowest BCUT2D eigenvalue weighted by Crippen LogP contribution is -2.13. The summed E-state index contributed by atoms with van der Waals surface area (Å²) in [6.45, 7) is 0. The lowest BCUT2D eigenvalue weighted by Gasteiger charge is -2.07. The maximum atomic E-state index is 12.6. The number of hydrogen-bond donors (Lipinski definition) is 1. The summed E-state index contributed by atoms with van der Waals surface area (Å²) in [5.74, 6) is 0.289. The SMILES string of the molecule is COc1ccc(NC(=O)c2ccc(S(=O)(=O)c3ccc(Br)cc3)nc2)cc1. The summed E-state index contributed by atoms with van der Waals surface area (Å²) < 4.78 is 31.0. The van der Waals surface area contributed by atoms with Crippen molar-refractivity contribution in [1.29, 1.82) is 0 Å². The molecule has 0 aliphatic heterocycles. The Morgan fingerprint density at radius 2 is 1.67 bits per heavy atom. The molecule has 0 unspecified atom stereocenters. The molecule has 6 nitrogen and oxygen atoms in total. The summed E-state index contributed by atoms with van der Waals surface area (Å²) in [6, 6.07) is 15.9. The summed E-state index contributed by atoms with van der Waals surface area (Å²) >= 11 is 3.27. The van der Waals surface area contributed by atoms with Gasteiger partial charge in [0.15, 0.2) is 5.03 Å². The Kier molecular flexibility index (Phi) is 5.57. The van der Waals surface area contributed by atoms with Gasteiger partial charge in [-0.05, 0) is 60.7 Å². The van der Waals surface area contributed by atoms with Crippen molar-refractivity contribution in [2.45, 2.75) is 9.92 Å². The third kappa shape index (κ3) is 4.35. The number of pyridine rings is 1. The van der Waals surface area contributed by atoms with Crippen LogP contribution >= 0.6 is 15.9 Å². The summed E-state index contributed by atoms with van der Waals surface area (Å²) in [4.78, 5) is 16.4. The standard InChI is InChI=1S/C19H15BrN2O4S/c1-26-16-7-5-15(6-8-16)22-19(23)13-2-11-18(21-12-13)27(24,25)17-9-3-14(20)4-10-17/h2-12H,1H3,(H,22,23). The predicted molar refractivity (Wildman–Crippen MR) is 105 cm³/mol. The fourth-order valence-corrected chi connectivity index (χ4v) is 3.72. The molecule has 2 aromatic carbocycles. The van der Waals surface area contributed by atoms with E-state index in [0.29, 0.717) is 11.4 Å². The number of amides is 1. The molecule has 1 heterocycles. The third-order valence-electron chi connectivity index (χ3n) is 3.75.